The van der Waals surface area contributed by atoms with E-state index >= 15 is 0 Å². The number of nitrogens with zero attached hydrogens (tertiary/aromatic N) is 4. The number of carbonyl (C=O) groups is 1. The fourth-order valence-corrected chi connectivity index (χ4v) is 4.58. The molecule has 0 bridgehead atoms. The first-order valence-electron chi connectivity index (χ1n) is 9.77. The van der Waals surface area contributed by atoms with Crippen LogP contribution in [0, 0.1) is 0 Å². The van der Waals surface area contributed by atoms with Crippen molar-refractivity contribution in [2.45, 2.75) is 38.1 Å². The Morgan fingerprint density at radius 2 is 2.03 bits per heavy atom. The number of rotatable bonds is 5. The van der Waals surface area contributed by atoms with E-state index in [9.17, 15) is 4.79 Å². The Bertz CT molecular complexity index is 1080. The number of fused-ring (bicyclic) bond motifs is 3. The zero-order chi connectivity index (χ0) is 21.1. The highest BCUT2D eigenvalue weighted by atomic mass is 79.9. The summed E-state index contributed by atoms with van der Waals surface area (Å²) >= 11 is 5.08. The summed E-state index contributed by atoms with van der Waals surface area (Å²) in [5.74, 6) is 1.17. The molecule has 1 amide bonds. The lowest BCUT2D eigenvalue weighted by Gasteiger charge is -2.30. The van der Waals surface area contributed by atoms with Crippen LogP contribution in [0.15, 0.2) is 58.2 Å². The van der Waals surface area contributed by atoms with E-state index in [1.807, 2.05) is 48.5 Å². The molecule has 154 valence electrons. The highest BCUT2D eigenvalue weighted by Crippen LogP contribution is 2.43. The van der Waals surface area contributed by atoms with E-state index in [0.717, 1.165) is 39.9 Å². The van der Waals surface area contributed by atoms with E-state index in [1.165, 1.54) is 6.92 Å². The molecule has 0 saturated heterocycles. The van der Waals surface area contributed by atoms with Gasteiger partial charge in [0.15, 0.2) is 5.69 Å². The van der Waals surface area contributed by atoms with Gasteiger partial charge in [0.1, 0.15) is 0 Å². The largest absolute Gasteiger partial charge is 0.447 e. The van der Waals surface area contributed by atoms with Crippen LogP contribution in [0.3, 0.4) is 0 Å². The van der Waals surface area contributed by atoms with Gasteiger partial charge in [0.2, 0.25) is 23.2 Å². The highest BCUT2D eigenvalue weighted by molar-refractivity contribution is 9.10. The predicted molar refractivity (Wildman–Crippen MR) is 122 cm³/mol. The molecule has 8 heteroatoms. The molecule has 6 nitrogen and oxygen atoms in total. The van der Waals surface area contributed by atoms with Crippen LogP contribution < -0.4 is 9.64 Å². The molecular weight excluding hydrogens is 464 g/mol. The number of unbranched alkanes of at least 4 members (excludes halogenated alkanes) is 1. The molecule has 2 aromatic carbocycles. The van der Waals surface area contributed by atoms with Crippen molar-refractivity contribution >= 4 is 39.3 Å². The minimum atomic E-state index is -0.674. The zero-order valence-corrected chi connectivity index (χ0v) is 19.1. The van der Waals surface area contributed by atoms with Crippen molar-refractivity contribution in [1.82, 2.24) is 15.2 Å². The van der Waals surface area contributed by atoms with Crippen molar-refractivity contribution in [3.63, 3.8) is 0 Å². The molecule has 0 radical (unpaired) electrons. The van der Waals surface area contributed by atoms with Crippen molar-refractivity contribution in [3.05, 3.63) is 58.6 Å². The van der Waals surface area contributed by atoms with Crippen LogP contribution in [0.25, 0.3) is 11.3 Å². The second-order valence-electron chi connectivity index (χ2n) is 6.88. The van der Waals surface area contributed by atoms with E-state index in [-0.39, 0.29) is 5.91 Å². The topological polar surface area (TPSA) is 68.2 Å². The number of hydrogen-bond donors (Lipinski definition) is 0. The van der Waals surface area contributed by atoms with Gasteiger partial charge in [-0.25, -0.2) is 0 Å². The van der Waals surface area contributed by atoms with Gasteiger partial charge in [-0.2, -0.15) is 4.98 Å². The summed E-state index contributed by atoms with van der Waals surface area (Å²) in [6.45, 7) is 3.68. The van der Waals surface area contributed by atoms with Crippen molar-refractivity contribution in [1.29, 1.82) is 0 Å². The number of anilines is 1. The molecule has 1 aliphatic rings. The maximum atomic E-state index is 12.7. The minimum absolute atomic E-state index is 0.134. The quantitative estimate of drug-likeness (QED) is 0.344. The summed E-state index contributed by atoms with van der Waals surface area (Å²) < 4.78 is 7.26. The number of halogens is 1. The minimum Gasteiger partial charge on any atom is -0.447 e. The van der Waals surface area contributed by atoms with E-state index in [2.05, 4.69) is 38.0 Å². The molecule has 1 aromatic heterocycles. The van der Waals surface area contributed by atoms with Gasteiger partial charge < -0.3 is 4.74 Å². The van der Waals surface area contributed by atoms with E-state index in [4.69, 9.17) is 4.74 Å². The summed E-state index contributed by atoms with van der Waals surface area (Å²) in [5, 5.41) is 9.30. The Balaban J connectivity index is 1.86. The van der Waals surface area contributed by atoms with Crippen molar-refractivity contribution in [2.24, 2.45) is 0 Å². The van der Waals surface area contributed by atoms with E-state index < -0.39 is 6.23 Å². The highest BCUT2D eigenvalue weighted by Gasteiger charge is 2.34. The summed E-state index contributed by atoms with van der Waals surface area (Å²) in [6.07, 6.45) is 1.51. The van der Waals surface area contributed by atoms with Gasteiger partial charge in [0.05, 0.1) is 5.69 Å². The SMILES string of the molecule is CCCCSc1nnc2c(n1)O[C@H](c1cccc(Br)c1)N(C(C)=O)c1ccccc1-2. The molecule has 3 aromatic rings. The monoisotopic (exact) mass is 484 g/mol. The van der Waals surface area contributed by atoms with Crippen molar-refractivity contribution in [3.8, 4) is 17.1 Å². The van der Waals surface area contributed by atoms with Crippen molar-refractivity contribution in [2.75, 3.05) is 10.7 Å². The van der Waals surface area contributed by atoms with Gasteiger partial charge in [-0.15, -0.1) is 10.2 Å². The second kappa shape index (κ2) is 9.14. The second-order valence-corrected chi connectivity index (χ2v) is 8.86. The molecular formula is C22H21BrN4O2S. The number of amides is 1. The first-order valence-corrected chi connectivity index (χ1v) is 11.5. The van der Waals surface area contributed by atoms with Crippen molar-refractivity contribution < 1.29 is 9.53 Å². The van der Waals surface area contributed by atoms with Gasteiger partial charge in [-0.3, -0.25) is 9.69 Å². The third kappa shape index (κ3) is 4.20. The number of thioether (sulfide) groups is 1. The summed E-state index contributed by atoms with van der Waals surface area (Å²) in [6, 6.07) is 15.3. The Hall–Kier alpha value is -2.45. The average molecular weight is 485 g/mol. The normalized spacial score (nSPS) is 15.0. The van der Waals surface area contributed by atoms with Gasteiger partial charge >= 0.3 is 0 Å². The van der Waals surface area contributed by atoms with E-state index in [0.29, 0.717) is 16.7 Å². The zero-order valence-electron chi connectivity index (χ0n) is 16.7. The molecule has 1 aliphatic heterocycles. The van der Waals surface area contributed by atoms with Crippen LogP contribution in [0.2, 0.25) is 0 Å². The molecule has 30 heavy (non-hydrogen) atoms. The lowest BCUT2D eigenvalue weighted by Crippen LogP contribution is -2.36. The molecule has 0 spiro atoms. The number of carbonyl (C=O) groups excluding carboxylic acids is 1. The van der Waals surface area contributed by atoms with Gasteiger partial charge in [-0.1, -0.05) is 71.4 Å². The molecule has 0 fully saturated rings. The van der Waals surface area contributed by atoms with Gasteiger partial charge in [0.25, 0.3) is 0 Å². The molecule has 4 rings (SSSR count). The third-order valence-corrected chi connectivity index (χ3v) is 6.13. The average Bonchev–Trinajstić information content (AvgIpc) is 2.88. The Kier molecular flexibility index (Phi) is 6.34. The first-order chi connectivity index (χ1) is 14.6. The molecule has 0 N–H and O–H groups in total. The van der Waals surface area contributed by atoms with Gasteiger partial charge in [0, 0.05) is 28.3 Å². The summed E-state index contributed by atoms with van der Waals surface area (Å²) in [7, 11) is 0. The number of ether oxygens (including phenoxy) is 1. The van der Waals surface area contributed by atoms with Gasteiger partial charge in [-0.05, 0) is 24.6 Å². The summed E-state index contributed by atoms with van der Waals surface area (Å²) in [5.41, 5.74) is 2.86. The van der Waals surface area contributed by atoms with Crippen LogP contribution in [0.1, 0.15) is 38.5 Å². The molecule has 1 atom stereocenters. The summed E-state index contributed by atoms with van der Waals surface area (Å²) in [4.78, 5) is 19.0. The Morgan fingerprint density at radius 1 is 1.20 bits per heavy atom. The Labute approximate surface area is 188 Å². The predicted octanol–water partition coefficient (Wildman–Crippen LogP) is 5.64. The van der Waals surface area contributed by atoms with Crippen LogP contribution in [0.5, 0.6) is 5.88 Å². The lowest BCUT2D eigenvalue weighted by molar-refractivity contribution is -0.118. The number of aromatic nitrogens is 3. The van der Waals surface area contributed by atoms with E-state index in [1.54, 1.807) is 16.7 Å². The number of para-hydroxylation sites is 1. The van der Waals surface area contributed by atoms with Crippen LogP contribution >= 0.6 is 27.7 Å². The Morgan fingerprint density at radius 3 is 2.80 bits per heavy atom. The fourth-order valence-electron chi connectivity index (χ4n) is 3.30. The van der Waals surface area contributed by atoms with Crippen LogP contribution in [0.4, 0.5) is 5.69 Å². The number of hydrogen-bond acceptors (Lipinski definition) is 6. The first kappa shape index (κ1) is 20.8. The number of benzene rings is 2. The van der Waals surface area contributed by atoms with Crippen LogP contribution in [-0.2, 0) is 4.79 Å². The lowest BCUT2D eigenvalue weighted by atomic mass is 10.1. The fraction of sp³-hybridized carbons (Fsp3) is 0.273. The standard InChI is InChI=1S/C22H21BrN4O2S/c1-3-4-12-30-22-24-20-19(25-26-22)17-10-5-6-11-18(17)27(14(2)28)21(29-20)15-8-7-9-16(23)13-15/h5-11,13,21H,3-4,12H2,1-2H3/t21-/m1/s1. The van der Waals surface area contributed by atoms with Crippen LogP contribution in [-0.4, -0.2) is 26.8 Å². The molecule has 0 aliphatic carbocycles. The molecule has 0 unspecified atom stereocenters. The maximum absolute atomic E-state index is 12.7. The molecule has 0 saturated carbocycles. The smallest absolute Gasteiger partial charge is 0.247 e. The maximum Gasteiger partial charge on any atom is 0.247 e. The molecule has 2 heterocycles. The third-order valence-electron chi connectivity index (χ3n) is 4.71.